The molecule has 7 heteroatoms. The van der Waals surface area contributed by atoms with E-state index in [0.717, 1.165) is 0 Å². The largest absolute Gasteiger partial charge is 0.434 e. The predicted molar refractivity (Wildman–Crippen MR) is 46.9 cm³/mol. The van der Waals surface area contributed by atoms with E-state index in [0.29, 0.717) is 0 Å². The Hall–Kier alpha value is -1.47. The van der Waals surface area contributed by atoms with E-state index in [-0.39, 0.29) is 19.2 Å². The second-order valence-corrected chi connectivity index (χ2v) is 2.68. The van der Waals surface area contributed by atoms with Gasteiger partial charge in [0.05, 0.1) is 13.2 Å². The number of nitro groups is 1. The Morgan fingerprint density at radius 1 is 1.86 bits per heavy atom. The molecule has 0 bridgehead atoms. The van der Waals surface area contributed by atoms with Gasteiger partial charge in [0.25, 0.3) is 0 Å². The van der Waals surface area contributed by atoms with Crippen molar-refractivity contribution in [2.75, 3.05) is 20.3 Å². The molecule has 0 radical (unpaired) electrons. The maximum Gasteiger partial charge on any atom is 0.434 e. The van der Waals surface area contributed by atoms with E-state index in [1.807, 2.05) is 0 Å². The Bertz CT molecular complexity index is 312. The number of aliphatic hydroxyl groups is 1. The Balaban J connectivity index is 2.91. The first-order chi connectivity index (χ1) is 6.70. The molecule has 0 saturated heterocycles. The summed E-state index contributed by atoms with van der Waals surface area (Å²) >= 11 is 0. The number of ether oxygens (including phenoxy) is 1. The van der Waals surface area contributed by atoms with E-state index in [9.17, 15) is 10.1 Å². The summed E-state index contributed by atoms with van der Waals surface area (Å²) in [5.74, 6) is -0.291. The summed E-state index contributed by atoms with van der Waals surface area (Å²) in [7, 11) is 1.46. The molecule has 0 saturated carbocycles. The van der Waals surface area contributed by atoms with Crippen LogP contribution < -0.4 is 0 Å². The van der Waals surface area contributed by atoms with Crippen LogP contribution in [0.1, 0.15) is 6.04 Å². The van der Waals surface area contributed by atoms with Gasteiger partial charge in [-0.05, 0) is 4.92 Å². The lowest BCUT2D eigenvalue weighted by Crippen LogP contribution is -2.19. The van der Waals surface area contributed by atoms with Crippen molar-refractivity contribution in [3.63, 3.8) is 0 Å². The first kappa shape index (κ1) is 10.6. The third kappa shape index (κ3) is 2.06. The Labute approximate surface area is 80.1 Å². The molecule has 0 aliphatic rings. The first-order valence-electron chi connectivity index (χ1n) is 3.97. The lowest BCUT2D eigenvalue weighted by molar-refractivity contribution is -0.397. The van der Waals surface area contributed by atoms with Gasteiger partial charge < -0.3 is 20.0 Å². The van der Waals surface area contributed by atoms with E-state index >= 15 is 0 Å². The molecule has 1 aromatic rings. The number of nitrogens with zero attached hydrogens (tertiary/aromatic N) is 3. The molecule has 14 heavy (non-hydrogen) atoms. The maximum atomic E-state index is 10.5. The number of hydrogen-bond acceptors (Lipinski definition) is 5. The number of rotatable bonds is 5. The molecule has 7 nitrogen and oxygen atoms in total. The Morgan fingerprint density at radius 3 is 3.07 bits per heavy atom. The molecule has 78 valence electrons. The van der Waals surface area contributed by atoms with E-state index < -0.39 is 11.0 Å². The molecule has 1 rings (SSSR count). The van der Waals surface area contributed by atoms with Crippen LogP contribution in [0.25, 0.3) is 0 Å². The third-order valence-electron chi connectivity index (χ3n) is 1.77. The van der Waals surface area contributed by atoms with Gasteiger partial charge in [-0.3, -0.25) is 0 Å². The SMILES string of the molecule is COCC(CO)n1ccnc1[N+](=O)[O-]. The molecule has 1 aromatic heterocycles. The van der Waals surface area contributed by atoms with Crippen molar-refractivity contribution >= 4 is 5.95 Å². The first-order valence-corrected chi connectivity index (χ1v) is 3.97. The fourth-order valence-electron chi connectivity index (χ4n) is 1.14. The van der Waals surface area contributed by atoms with E-state index in [1.165, 1.54) is 24.1 Å². The highest BCUT2D eigenvalue weighted by Gasteiger charge is 2.22. The lowest BCUT2D eigenvalue weighted by atomic mass is 10.3. The third-order valence-corrected chi connectivity index (χ3v) is 1.77. The minimum atomic E-state index is -0.599. The standard InChI is InChI=1S/C7H11N3O4/c1-14-5-6(4-11)9-3-2-8-7(9)10(12)13/h2-3,6,11H,4-5H2,1H3. The van der Waals surface area contributed by atoms with Gasteiger partial charge in [0.1, 0.15) is 18.4 Å². The number of aliphatic hydroxyl groups excluding tert-OH is 1. The summed E-state index contributed by atoms with van der Waals surface area (Å²) in [4.78, 5) is 13.5. The zero-order valence-electron chi connectivity index (χ0n) is 7.66. The molecule has 1 atom stereocenters. The fraction of sp³-hybridized carbons (Fsp3) is 0.571. The van der Waals surface area contributed by atoms with Crippen LogP contribution in [-0.4, -0.2) is 39.9 Å². The average Bonchev–Trinajstić information content (AvgIpc) is 2.62. The summed E-state index contributed by atoms with van der Waals surface area (Å²) in [5.41, 5.74) is 0. The van der Waals surface area contributed by atoms with Crippen LogP contribution in [0.4, 0.5) is 5.95 Å². The smallest absolute Gasteiger partial charge is 0.393 e. The molecule has 0 aliphatic carbocycles. The fourth-order valence-corrected chi connectivity index (χ4v) is 1.14. The maximum absolute atomic E-state index is 10.5. The van der Waals surface area contributed by atoms with Gasteiger partial charge in [-0.1, -0.05) is 4.98 Å². The minimum absolute atomic E-state index is 0.202. The number of hydrogen-bond donors (Lipinski definition) is 1. The number of imidazole rings is 1. The van der Waals surface area contributed by atoms with Gasteiger partial charge in [0, 0.05) is 7.11 Å². The van der Waals surface area contributed by atoms with Gasteiger partial charge in [-0.15, -0.1) is 0 Å². The van der Waals surface area contributed by atoms with E-state index in [4.69, 9.17) is 9.84 Å². The van der Waals surface area contributed by atoms with E-state index in [1.54, 1.807) is 0 Å². The van der Waals surface area contributed by atoms with Gasteiger partial charge in [-0.25, -0.2) is 4.57 Å². The highest BCUT2D eigenvalue weighted by molar-refractivity contribution is 5.08. The molecule has 0 fully saturated rings. The van der Waals surface area contributed by atoms with Crippen molar-refractivity contribution in [1.29, 1.82) is 0 Å². The molecule has 0 aromatic carbocycles. The zero-order valence-corrected chi connectivity index (χ0v) is 7.66. The normalized spacial score (nSPS) is 12.7. The number of methoxy groups -OCH3 is 1. The van der Waals surface area contributed by atoms with Crippen molar-refractivity contribution < 1.29 is 14.8 Å². The summed E-state index contributed by atoms with van der Waals surface area (Å²) in [5, 5.41) is 19.5. The second-order valence-electron chi connectivity index (χ2n) is 2.68. The molecular weight excluding hydrogens is 190 g/mol. The van der Waals surface area contributed by atoms with E-state index in [2.05, 4.69) is 4.98 Å². The highest BCUT2D eigenvalue weighted by atomic mass is 16.6. The minimum Gasteiger partial charge on any atom is -0.393 e. The summed E-state index contributed by atoms with van der Waals surface area (Å²) in [6.45, 7) is -0.0290. The van der Waals surface area contributed by atoms with Gasteiger partial charge in [0.2, 0.25) is 0 Å². The van der Waals surface area contributed by atoms with Crippen molar-refractivity contribution in [1.82, 2.24) is 9.55 Å². The van der Waals surface area contributed by atoms with Gasteiger partial charge in [0.15, 0.2) is 0 Å². The predicted octanol–water partition coefficient (Wildman–Crippen LogP) is -0.0289. The summed E-state index contributed by atoms with van der Waals surface area (Å²) < 4.78 is 6.10. The van der Waals surface area contributed by atoms with Gasteiger partial charge >= 0.3 is 5.95 Å². The van der Waals surface area contributed by atoms with Crippen LogP contribution in [0.15, 0.2) is 12.4 Å². The molecule has 1 N–H and O–H groups in total. The van der Waals surface area contributed by atoms with Crippen LogP contribution in [0.5, 0.6) is 0 Å². The topological polar surface area (TPSA) is 90.4 Å². The Kier molecular flexibility index (Phi) is 3.55. The van der Waals surface area contributed by atoms with Crippen molar-refractivity contribution in [3.8, 4) is 0 Å². The molecule has 0 aliphatic heterocycles. The summed E-state index contributed by atoms with van der Waals surface area (Å²) in [6.07, 6.45) is 2.76. The summed E-state index contributed by atoms with van der Waals surface area (Å²) in [6, 6.07) is -0.470. The van der Waals surface area contributed by atoms with Crippen LogP contribution in [-0.2, 0) is 4.74 Å². The van der Waals surface area contributed by atoms with Crippen LogP contribution >= 0.6 is 0 Å². The zero-order chi connectivity index (χ0) is 10.6. The van der Waals surface area contributed by atoms with Crippen LogP contribution in [0.3, 0.4) is 0 Å². The second kappa shape index (κ2) is 4.68. The lowest BCUT2D eigenvalue weighted by Gasteiger charge is -2.11. The van der Waals surface area contributed by atoms with Crippen molar-refractivity contribution in [2.45, 2.75) is 6.04 Å². The van der Waals surface area contributed by atoms with Crippen molar-refractivity contribution in [2.24, 2.45) is 0 Å². The molecule has 0 spiro atoms. The highest BCUT2D eigenvalue weighted by Crippen LogP contribution is 2.15. The average molecular weight is 201 g/mol. The number of aromatic nitrogens is 2. The van der Waals surface area contributed by atoms with Crippen LogP contribution in [0, 0.1) is 10.1 Å². The Morgan fingerprint density at radius 2 is 2.57 bits per heavy atom. The molecule has 1 unspecified atom stereocenters. The monoisotopic (exact) mass is 201 g/mol. The van der Waals surface area contributed by atoms with Crippen molar-refractivity contribution in [3.05, 3.63) is 22.5 Å². The van der Waals surface area contributed by atoms with Gasteiger partial charge in [-0.2, -0.15) is 0 Å². The molecular formula is C7H11N3O4. The quantitative estimate of drug-likeness (QED) is 0.533. The van der Waals surface area contributed by atoms with Crippen LogP contribution in [0.2, 0.25) is 0 Å². The molecule has 0 amide bonds. The molecule has 1 heterocycles.